The van der Waals surface area contributed by atoms with Crippen LogP contribution in [0.5, 0.6) is 0 Å². The van der Waals surface area contributed by atoms with Gasteiger partial charge >= 0.3 is 0 Å². The molecule has 0 aromatic heterocycles. The highest BCUT2D eigenvalue weighted by Crippen LogP contribution is 2.27. The molecule has 1 N–H and O–H groups in total. The van der Waals surface area contributed by atoms with E-state index in [2.05, 4.69) is 42.4 Å². The zero-order valence-electron chi connectivity index (χ0n) is 13.0. The number of aryl methyl sites for hydroxylation is 1. The number of benzene rings is 1. The van der Waals surface area contributed by atoms with E-state index >= 15 is 0 Å². The Morgan fingerprint density at radius 1 is 1.20 bits per heavy atom. The second-order valence-electron chi connectivity index (χ2n) is 6.74. The van der Waals surface area contributed by atoms with Gasteiger partial charge in [-0.3, -0.25) is 0 Å². The largest absolute Gasteiger partial charge is 0.374 e. The van der Waals surface area contributed by atoms with Crippen molar-refractivity contribution >= 4 is 5.69 Å². The molecule has 1 aliphatic heterocycles. The number of nitrogens with one attached hydrogen (secondary N) is 1. The summed E-state index contributed by atoms with van der Waals surface area (Å²) in [6.45, 7) is 4.63. The smallest absolute Gasteiger partial charge is 0.0396 e. The summed E-state index contributed by atoms with van der Waals surface area (Å²) in [5.41, 5.74) is 4.43. The number of fused-ring (bicyclic) bond motifs is 1. The topological polar surface area (TPSA) is 15.3 Å². The van der Waals surface area contributed by atoms with Crippen LogP contribution in [-0.2, 0) is 13.0 Å². The molecular weight excluding hydrogens is 244 g/mol. The summed E-state index contributed by atoms with van der Waals surface area (Å²) in [4.78, 5) is 2.39. The van der Waals surface area contributed by atoms with E-state index in [0.29, 0.717) is 0 Å². The van der Waals surface area contributed by atoms with Gasteiger partial charge in [0.15, 0.2) is 0 Å². The maximum Gasteiger partial charge on any atom is 0.0396 e. The molecule has 2 atom stereocenters. The molecule has 2 nitrogen and oxygen atoms in total. The van der Waals surface area contributed by atoms with E-state index in [1.165, 1.54) is 61.9 Å². The Hall–Kier alpha value is -1.02. The molecule has 0 spiro atoms. The third-order valence-corrected chi connectivity index (χ3v) is 5.17. The van der Waals surface area contributed by atoms with Crippen molar-refractivity contribution in [3.63, 3.8) is 0 Å². The molecular formula is C18H28N2. The number of hydrogen-bond acceptors (Lipinski definition) is 2. The number of hydrogen-bond donors (Lipinski definition) is 1. The lowest BCUT2D eigenvalue weighted by molar-refractivity contribution is 0.279. The second-order valence-corrected chi connectivity index (χ2v) is 6.74. The summed E-state index contributed by atoms with van der Waals surface area (Å²) in [5.74, 6) is 0.840. The summed E-state index contributed by atoms with van der Waals surface area (Å²) in [6.07, 6.45) is 8.11. The average Bonchev–Trinajstić information content (AvgIpc) is 2.46. The van der Waals surface area contributed by atoms with Crippen LogP contribution >= 0.6 is 0 Å². The molecule has 2 heteroatoms. The first-order valence-corrected chi connectivity index (χ1v) is 8.30. The predicted molar refractivity (Wildman–Crippen MR) is 86.3 cm³/mol. The molecule has 0 saturated heterocycles. The molecule has 0 amide bonds. The Kier molecular flexibility index (Phi) is 4.30. The van der Waals surface area contributed by atoms with Crippen molar-refractivity contribution in [3.05, 3.63) is 29.3 Å². The Morgan fingerprint density at radius 3 is 2.90 bits per heavy atom. The highest BCUT2D eigenvalue weighted by molar-refractivity contribution is 5.56. The first kappa shape index (κ1) is 13.9. The van der Waals surface area contributed by atoms with E-state index in [9.17, 15) is 0 Å². The maximum absolute atomic E-state index is 3.79. The molecule has 0 bridgehead atoms. The van der Waals surface area contributed by atoms with Crippen molar-refractivity contribution in [3.8, 4) is 0 Å². The standard InChI is InChI=1S/C18H28N2/c1-14-6-3-4-8-17(14)19-13-15-9-10-18-16(12-15)7-5-11-20(18)2/h9-10,12,14,17,19H,3-8,11,13H2,1-2H3. The van der Waals surface area contributed by atoms with Crippen molar-refractivity contribution in [1.29, 1.82) is 0 Å². The van der Waals surface area contributed by atoms with Crippen LogP contribution in [0.3, 0.4) is 0 Å². The SMILES string of the molecule is CC1CCCCC1NCc1ccc2c(c1)CCCN2C. The third-order valence-electron chi connectivity index (χ3n) is 5.17. The van der Waals surface area contributed by atoms with Gasteiger partial charge in [-0.1, -0.05) is 31.9 Å². The predicted octanol–water partition coefficient (Wildman–Crippen LogP) is 3.74. The number of nitrogens with zero attached hydrogens (tertiary/aromatic N) is 1. The molecule has 2 aliphatic rings. The summed E-state index contributed by atoms with van der Waals surface area (Å²) < 4.78 is 0. The van der Waals surface area contributed by atoms with Gasteiger partial charge in [-0.05, 0) is 48.8 Å². The van der Waals surface area contributed by atoms with E-state index in [1.807, 2.05) is 0 Å². The average molecular weight is 272 g/mol. The van der Waals surface area contributed by atoms with E-state index in [1.54, 1.807) is 0 Å². The Labute approximate surface area is 123 Å². The fraction of sp³-hybridized carbons (Fsp3) is 0.667. The van der Waals surface area contributed by atoms with Gasteiger partial charge in [0, 0.05) is 31.9 Å². The lowest BCUT2D eigenvalue weighted by atomic mass is 9.86. The lowest BCUT2D eigenvalue weighted by Gasteiger charge is -2.30. The van der Waals surface area contributed by atoms with Crippen LogP contribution in [0.4, 0.5) is 5.69 Å². The van der Waals surface area contributed by atoms with E-state index in [4.69, 9.17) is 0 Å². The summed E-state index contributed by atoms with van der Waals surface area (Å²) >= 11 is 0. The Bertz CT molecular complexity index is 455. The van der Waals surface area contributed by atoms with Crippen LogP contribution in [0.25, 0.3) is 0 Å². The van der Waals surface area contributed by atoms with Gasteiger partial charge in [-0.25, -0.2) is 0 Å². The molecule has 1 aromatic rings. The fourth-order valence-electron chi connectivity index (χ4n) is 3.82. The van der Waals surface area contributed by atoms with Gasteiger partial charge in [0.2, 0.25) is 0 Å². The van der Waals surface area contributed by atoms with Crippen molar-refractivity contribution in [2.45, 2.75) is 58.0 Å². The van der Waals surface area contributed by atoms with Crippen LogP contribution < -0.4 is 10.2 Å². The molecule has 3 rings (SSSR count). The molecule has 110 valence electrons. The lowest BCUT2D eigenvalue weighted by Crippen LogP contribution is -2.36. The van der Waals surface area contributed by atoms with Gasteiger partial charge in [0.1, 0.15) is 0 Å². The van der Waals surface area contributed by atoms with Crippen molar-refractivity contribution in [2.75, 3.05) is 18.5 Å². The van der Waals surface area contributed by atoms with Crippen LogP contribution in [-0.4, -0.2) is 19.6 Å². The van der Waals surface area contributed by atoms with Crippen LogP contribution in [0.2, 0.25) is 0 Å². The molecule has 0 radical (unpaired) electrons. The van der Waals surface area contributed by atoms with Crippen LogP contribution in [0.1, 0.15) is 50.2 Å². The molecule has 2 unspecified atom stereocenters. The summed E-state index contributed by atoms with van der Waals surface area (Å²) in [5, 5.41) is 3.79. The first-order chi connectivity index (χ1) is 9.74. The van der Waals surface area contributed by atoms with Crippen LogP contribution in [0.15, 0.2) is 18.2 Å². The maximum atomic E-state index is 3.79. The van der Waals surface area contributed by atoms with Crippen molar-refractivity contribution < 1.29 is 0 Å². The quantitative estimate of drug-likeness (QED) is 0.902. The van der Waals surface area contributed by atoms with E-state index in [0.717, 1.165) is 18.5 Å². The first-order valence-electron chi connectivity index (χ1n) is 8.30. The highest BCUT2D eigenvalue weighted by atomic mass is 15.1. The normalized spacial score (nSPS) is 26.4. The summed E-state index contributed by atoms with van der Waals surface area (Å²) in [6, 6.07) is 7.77. The van der Waals surface area contributed by atoms with Gasteiger partial charge in [-0.15, -0.1) is 0 Å². The molecule has 1 aliphatic carbocycles. The van der Waals surface area contributed by atoms with Gasteiger partial charge in [0.25, 0.3) is 0 Å². The zero-order chi connectivity index (χ0) is 13.9. The summed E-state index contributed by atoms with van der Waals surface area (Å²) in [7, 11) is 2.21. The fourth-order valence-corrected chi connectivity index (χ4v) is 3.82. The van der Waals surface area contributed by atoms with Gasteiger partial charge in [0.05, 0.1) is 0 Å². The minimum Gasteiger partial charge on any atom is -0.374 e. The minimum absolute atomic E-state index is 0.724. The van der Waals surface area contributed by atoms with Crippen LogP contribution in [0, 0.1) is 5.92 Å². The molecule has 1 saturated carbocycles. The van der Waals surface area contributed by atoms with E-state index < -0.39 is 0 Å². The zero-order valence-corrected chi connectivity index (χ0v) is 13.0. The van der Waals surface area contributed by atoms with E-state index in [-0.39, 0.29) is 0 Å². The number of anilines is 1. The molecule has 20 heavy (non-hydrogen) atoms. The molecule has 1 aromatic carbocycles. The monoisotopic (exact) mass is 272 g/mol. The Balaban J connectivity index is 1.63. The van der Waals surface area contributed by atoms with Gasteiger partial charge < -0.3 is 10.2 Å². The molecule has 1 heterocycles. The third kappa shape index (κ3) is 3.01. The Morgan fingerprint density at radius 2 is 2.05 bits per heavy atom. The second kappa shape index (κ2) is 6.17. The minimum atomic E-state index is 0.724. The highest BCUT2D eigenvalue weighted by Gasteiger charge is 2.20. The molecule has 1 fully saturated rings. The van der Waals surface area contributed by atoms with Gasteiger partial charge in [-0.2, -0.15) is 0 Å². The number of rotatable bonds is 3. The van der Waals surface area contributed by atoms with Crippen molar-refractivity contribution in [1.82, 2.24) is 5.32 Å². The van der Waals surface area contributed by atoms with Crippen molar-refractivity contribution in [2.24, 2.45) is 5.92 Å².